The zero-order chi connectivity index (χ0) is 8.85. The van der Waals surface area contributed by atoms with Crippen LogP contribution in [0.5, 0.6) is 0 Å². The van der Waals surface area contributed by atoms with Crippen LogP contribution in [-0.4, -0.2) is 35.1 Å². The molecule has 0 aliphatic carbocycles. The van der Waals surface area contributed by atoms with Crippen LogP contribution < -0.4 is 0 Å². The van der Waals surface area contributed by atoms with Crippen LogP contribution in [0, 0.1) is 0 Å². The maximum atomic E-state index is 11.2. The predicted octanol–water partition coefficient (Wildman–Crippen LogP) is 0.626. The molecule has 0 aromatic heterocycles. The summed E-state index contributed by atoms with van der Waals surface area (Å²) in [5.74, 6) is 0.106. The van der Waals surface area contributed by atoms with Gasteiger partial charge in [0.1, 0.15) is 0 Å². The minimum Gasteiger partial charge on any atom is -0.395 e. The third-order valence-corrected chi connectivity index (χ3v) is 1.59. The zero-order valence-electron chi connectivity index (χ0n) is 7.50. The minimum atomic E-state index is 0.0456. The van der Waals surface area contributed by atoms with Crippen molar-refractivity contribution in [2.75, 3.05) is 13.2 Å². The Labute approximate surface area is 68.0 Å². The number of aliphatic hydroxyl groups is 1. The van der Waals surface area contributed by atoms with Crippen molar-refractivity contribution in [3.05, 3.63) is 0 Å². The maximum Gasteiger partial charge on any atom is 0.222 e. The van der Waals surface area contributed by atoms with E-state index in [-0.39, 0.29) is 18.6 Å². The SMILES string of the molecule is CCC(=O)N(CCO)C(C)C. The van der Waals surface area contributed by atoms with Crippen LogP contribution in [0.1, 0.15) is 27.2 Å². The Hall–Kier alpha value is -0.570. The molecule has 0 radical (unpaired) electrons. The molecule has 0 rings (SSSR count). The zero-order valence-corrected chi connectivity index (χ0v) is 7.50. The monoisotopic (exact) mass is 159 g/mol. The summed E-state index contributed by atoms with van der Waals surface area (Å²) in [7, 11) is 0. The van der Waals surface area contributed by atoms with Gasteiger partial charge in [-0.3, -0.25) is 4.79 Å². The first-order valence-corrected chi connectivity index (χ1v) is 4.03. The van der Waals surface area contributed by atoms with Gasteiger partial charge in [-0.1, -0.05) is 6.92 Å². The fraction of sp³-hybridized carbons (Fsp3) is 0.875. The Morgan fingerprint density at radius 1 is 1.55 bits per heavy atom. The second-order valence-corrected chi connectivity index (χ2v) is 2.76. The number of amides is 1. The second kappa shape index (κ2) is 5.13. The lowest BCUT2D eigenvalue weighted by Crippen LogP contribution is -2.38. The number of hydrogen-bond donors (Lipinski definition) is 1. The maximum absolute atomic E-state index is 11.2. The number of hydrogen-bond acceptors (Lipinski definition) is 2. The summed E-state index contributed by atoms with van der Waals surface area (Å²) >= 11 is 0. The lowest BCUT2D eigenvalue weighted by Gasteiger charge is -2.25. The molecular formula is C8H17NO2. The lowest BCUT2D eigenvalue weighted by molar-refractivity contribution is -0.133. The quantitative estimate of drug-likeness (QED) is 0.653. The van der Waals surface area contributed by atoms with Gasteiger partial charge in [0.2, 0.25) is 5.91 Å². The topological polar surface area (TPSA) is 40.5 Å². The van der Waals surface area contributed by atoms with E-state index in [1.807, 2.05) is 20.8 Å². The Morgan fingerprint density at radius 2 is 2.09 bits per heavy atom. The van der Waals surface area contributed by atoms with Gasteiger partial charge < -0.3 is 10.0 Å². The van der Waals surface area contributed by atoms with Crippen molar-refractivity contribution in [3.63, 3.8) is 0 Å². The van der Waals surface area contributed by atoms with Crippen molar-refractivity contribution >= 4 is 5.91 Å². The number of carbonyl (C=O) groups excluding carboxylic acids is 1. The molecule has 0 heterocycles. The summed E-state index contributed by atoms with van der Waals surface area (Å²) in [6.45, 7) is 6.22. The Kier molecular flexibility index (Phi) is 4.86. The predicted molar refractivity (Wildman–Crippen MR) is 44.2 cm³/mol. The van der Waals surface area contributed by atoms with E-state index in [4.69, 9.17) is 5.11 Å². The highest BCUT2D eigenvalue weighted by atomic mass is 16.3. The van der Waals surface area contributed by atoms with Crippen molar-refractivity contribution in [2.45, 2.75) is 33.2 Å². The van der Waals surface area contributed by atoms with Crippen LogP contribution in [0.25, 0.3) is 0 Å². The van der Waals surface area contributed by atoms with Crippen LogP contribution in [-0.2, 0) is 4.79 Å². The molecule has 11 heavy (non-hydrogen) atoms. The van der Waals surface area contributed by atoms with Gasteiger partial charge in [-0.25, -0.2) is 0 Å². The van der Waals surface area contributed by atoms with Crippen LogP contribution in [0.2, 0.25) is 0 Å². The number of rotatable bonds is 4. The van der Waals surface area contributed by atoms with Crippen molar-refractivity contribution in [3.8, 4) is 0 Å². The summed E-state index contributed by atoms with van der Waals surface area (Å²) in [6, 6.07) is 0.189. The smallest absolute Gasteiger partial charge is 0.222 e. The van der Waals surface area contributed by atoms with Gasteiger partial charge in [0.25, 0.3) is 0 Å². The standard InChI is InChI=1S/C8H17NO2/c1-4-8(11)9(5-6-10)7(2)3/h7,10H,4-6H2,1-3H3. The molecule has 0 spiro atoms. The molecular weight excluding hydrogens is 142 g/mol. The molecule has 0 aliphatic rings. The van der Waals surface area contributed by atoms with Gasteiger partial charge in [-0.2, -0.15) is 0 Å². The van der Waals surface area contributed by atoms with Crippen LogP contribution in [0.3, 0.4) is 0 Å². The fourth-order valence-corrected chi connectivity index (χ4v) is 0.982. The van der Waals surface area contributed by atoms with Crippen LogP contribution in [0.15, 0.2) is 0 Å². The Bertz CT molecular complexity index is 123. The highest BCUT2D eigenvalue weighted by Crippen LogP contribution is 1.99. The van der Waals surface area contributed by atoms with Crippen molar-refractivity contribution in [1.29, 1.82) is 0 Å². The van der Waals surface area contributed by atoms with Gasteiger partial charge in [-0.05, 0) is 13.8 Å². The third-order valence-electron chi connectivity index (χ3n) is 1.59. The molecule has 0 aromatic carbocycles. The third kappa shape index (κ3) is 3.37. The van der Waals surface area contributed by atoms with E-state index < -0.39 is 0 Å². The van der Waals surface area contributed by atoms with Gasteiger partial charge in [0.05, 0.1) is 6.61 Å². The van der Waals surface area contributed by atoms with Crippen molar-refractivity contribution < 1.29 is 9.90 Å². The Morgan fingerprint density at radius 3 is 2.36 bits per heavy atom. The van der Waals surface area contributed by atoms with E-state index in [1.165, 1.54) is 0 Å². The van der Waals surface area contributed by atoms with Crippen LogP contribution >= 0.6 is 0 Å². The number of aliphatic hydroxyl groups excluding tert-OH is 1. The van der Waals surface area contributed by atoms with Gasteiger partial charge in [0, 0.05) is 19.0 Å². The number of nitrogens with zero attached hydrogens (tertiary/aromatic N) is 1. The van der Waals surface area contributed by atoms with E-state index in [0.717, 1.165) is 0 Å². The van der Waals surface area contributed by atoms with Crippen molar-refractivity contribution in [1.82, 2.24) is 4.90 Å². The largest absolute Gasteiger partial charge is 0.395 e. The van der Waals surface area contributed by atoms with E-state index in [9.17, 15) is 4.79 Å². The average Bonchev–Trinajstić information content (AvgIpc) is 1.98. The highest BCUT2D eigenvalue weighted by molar-refractivity contribution is 5.76. The fourth-order valence-electron chi connectivity index (χ4n) is 0.982. The van der Waals surface area contributed by atoms with Crippen LogP contribution in [0.4, 0.5) is 0 Å². The van der Waals surface area contributed by atoms with E-state index in [2.05, 4.69) is 0 Å². The molecule has 0 unspecified atom stereocenters. The molecule has 3 heteroatoms. The van der Waals surface area contributed by atoms with Gasteiger partial charge in [-0.15, -0.1) is 0 Å². The first-order valence-electron chi connectivity index (χ1n) is 4.03. The second-order valence-electron chi connectivity index (χ2n) is 2.76. The summed E-state index contributed by atoms with van der Waals surface area (Å²) in [5.41, 5.74) is 0. The summed E-state index contributed by atoms with van der Waals surface area (Å²) in [6.07, 6.45) is 0.512. The molecule has 0 atom stereocenters. The first kappa shape index (κ1) is 10.4. The van der Waals surface area contributed by atoms with E-state index >= 15 is 0 Å². The lowest BCUT2D eigenvalue weighted by atomic mass is 10.3. The molecule has 0 aliphatic heterocycles. The van der Waals surface area contributed by atoms with Gasteiger partial charge in [0.15, 0.2) is 0 Å². The molecule has 1 amide bonds. The molecule has 3 nitrogen and oxygen atoms in total. The molecule has 0 aromatic rings. The Balaban J connectivity index is 3.98. The molecule has 0 saturated heterocycles. The molecule has 0 saturated carbocycles. The first-order chi connectivity index (χ1) is 5.13. The molecule has 1 N–H and O–H groups in total. The summed E-state index contributed by atoms with van der Waals surface area (Å²) < 4.78 is 0. The minimum absolute atomic E-state index is 0.0456. The average molecular weight is 159 g/mol. The van der Waals surface area contributed by atoms with E-state index in [0.29, 0.717) is 13.0 Å². The van der Waals surface area contributed by atoms with E-state index in [1.54, 1.807) is 4.90 Å². The molecule has 66 valence electrons. The summed E-state index contributed by atoms with van der Waals surface area (Å²) in [5, 5.41) is 8.64. The number of carbonyl (C=O) groups is 1. The van der Waals surface area contributed by atoms with Crippen molar-refractivity contribution in [2.24, 2.45) is 0 Å². The molecule has 0 fully saturated rings. The normalized spacial score (nSPS) is 10.3. The summed E-state index contributed by atoms with van der Waals surface area (Å²) in [4.78, 5) is 12.8. The highest BCUT2D eigenvalue weighted by Gasteiger charge is 2.13. The molecule has 0 bridgehead atoms. The van der Waals surface area contributed by atoms with Gasteiger partial charge >= 0.3 is 0 Å².